The van der Waals surface area contributed by atoms with Crippen LogP contribution in [0.1, 0.15) is 28.8 Å². The van der Waals surface area contributed by atoms with Gasteiger partial charge in [-0.1, -0.05) is 11.6 Å². The summed E-state index contributed by atoms with van der Waals surface area (Å²) in [5.41, 5.74) is 2.15. The Kier molecular flexibility index (Phi) is 5.95. The number of anilines is 1. The third-order valence-corrected chi connectivity index (χ3v) is 3.61. The smallest absolute Gasteiger partial charge is 0.224 e. The molecule has 0 saturated heterocycles. The van der Waals surface area contributed by atoms with E-state index in [2.05, 4.69) is 5.32 Å². The highest BCUT2D eigenvalue weighted by molar-refractivity contribution is 6.01. The highest BCUT2D eigenvalue weighted by Gasteiger charge is 2.14. The Bertz CT molecular complexity index is 723. The average molecular weight is 327 g/mol. The summed E-state index contributed by atoms with van der Waals surface area (Å²) in [6.07, 6.45) is 0.240. The summed E-state index contributed by atoms with van der Waals surface area (Å²) in [5, 5.41) is 2.76. The summed E-state index contributed by atoms with van der Waals surface area (Å²) >= 11 is 0. The third-order valence-electron chi connectivity index (χ3n) is 3.61. The van der Waals surface area contributed by atoms with Crippen LogP contribution in [0.2, 0.25) is 0 Å². The van der Waals surface area contributed by atoms with Crippen LogP contribution >= 0.6 is 0 Å². The molecule has 0 heterocycles. The van der Waals surface area contributed by atoms with Gasteiger partial charge in [-0.15, -0.1) is 0 Å². The molecule has 0 aliphatic carbocycles. The van der Waals surface area contributed by atoms with E-state index in [1.54, 1.807) is 43.5 Å². The van der Waals surface area contributed by atoms with E-state index < -0.39 is 0 Å². The lowest BCUT2D eigenvalue weighted by Crippen LogP contribution is -2.14. The molecule has 1 amide bonds. The van der Waals surface area contributed by atoms with E-state index in [1.165, 1.54) is 7.11 Å². The second-order valence-corrected chi connectivity index (χ2v) is 5.40. The van der Waals surface area contributed by atoms with Crippen LogP contribution in [0.3, 0.4) is 0 Å². The number of ketones is 1. The third kappa shape index (κ3) is 4.59. The number of methoxy groups -OCH3 is 2. The van der Waals surface area contributed by atoms with Crippen LogP contribution in [0, 0.1) is 6.92 Å². The lowest BCUT2D eigenvalue weighted by atomic mass is 10.0. The Morgan fingerprint density at radius 3 is 2.29 bits per heavy atom. The van der Waals surface area contributed by atoms with Crippen molar-refractivity contribution in [3.63, 3.8) is 0 Å². The van der Waals surface area contributed by atoms with Gasteiger partial charge in [-0.3, -0.25) is 9.59 Å². The van der Waals surface area contributed by atoms with Gasteiger partial charge in [-0.25, -0.2) is 0 Å². The number of amides is 1. The van der Waals surface area contributed by atoms with Gasteiger partial charge in [-0.05, 0) is 43.3 Å². The summed E-state index contributed by atoms with van der Waals surface area (Å²) in [7, 11) is 3.11. The van der Waals surface area contributed by atoms with Gasteiger partial charge in [0.2, 0.25) is 5.91 Å². The van der Waals surface area contributed by atoms with Crippen molar-refractivity contribution in [2.75, 3.05) is 19.5 Å². The van der Waals surface area contributed by atoms with Crippen LogP contribution < -0.4 is 14.8 Å². The first-order valence-corrected chi connectivity index (χ1v) is 7.65. The molecule has 0 bridgehead atoms. The molecule has 0 spiro atoms. The number of nitrogens with one attached hydrogen (secondary N) is 1. The molecule has 0 aliphatic rings. The average Bonchev–Trinajstić information content (AvgIpc) is 2.60. The van der Waals surface area contributed by atoms with Gasteiger partial charge < -0.3 is 14.8 Å². The Morgan fingerprint density at radius 1 is 0.958 bits per heavy atom. The molecular weight excluding hydrogens is 306 g/mol. The van der Waals surface area contributed by atoms with E-state index in [1.807, 2.05) is 13.0 Å². The number of Topliss-reactive ketones (excluding diaryl/α,β-unsaturated/α-hetero) is 1. The number of hydrogen-bond donors (Lipinski definition) is 1. The molecule has 1 N–H and O–H groups in total. The van der Waals surface area contributed by atoms with Gasteiger partial charge in [0.1, 0.15) is 11.5 Å². The molecule has 0 atom stereocenters. The number of carbonyl (C=O) groups is 2. The lowest BCUT2D eigenvalue weighted by Gasteiger charge is -2.09. The van der Waals surface area contributed by atoms with Crippen molar-refractivity contribution in [1.29, 1.82) is 0 Å². The normalized spacial score (nSPS) is 10.1. The molecular formula is C19H21NO4. The number of hydrogen-bond acceptors (Lipinski definition) is 4. The van der Waals surface area contributed by atoms with E-state index >= 15 is 0 Å². The second-order valence-electron chi connectivity index (χ2n) is 5.40. The highest BCUT2D eigenvalue weighted by Crippen LogP contribution is 2.22. The number of carbonyl (C=O) groups excluding carboxylic acids is 2. The molecule has 0 unspecified atom stereocenters. The number of aryl methyl sites for hydroxylation is 1. The van der Waals surface area contributed by atoms with Crippen molar-refractivity contribution in [3.05, 3.63) is 53.6 Å². The topological polar surface area (TPSA) is 64.6 Å². The van der Waals surface area contributed by atoms with Crippen molar-refractivity contribution in [1.82, 2.24) is 0 Å². The Balaban J connectivity index is 1.93. The molecule has 2 rings (SSSR count). The number of rotatable bonds is 7. The van der Waals surface area contributed by atoms with Gasteiger partial charge in [0.15, 0.2) is 5.78 Å². The zero-order valence-corrected chi connectivity index (χ0v) is 14.1. The van der Waals surface area contributed by atoms with E-state index in [0.717, 1.165) is 11.3 Å². The van der Waals surface area contributed by atoms with Crippen LogP contribution in [-0.4, -0.2) is 25.9 Å². The predicted octanol–water partition coefficient (Wildman–Crippen LogP) is 3.61. The van der Waals surface area contributed by atoms with Gasteiger partial charge in [0.25, 0.3) is 0 Å². The molecule has 2 aromatic rings. The van der Waals surface area contributed by atoms with Crippen molar-refractivity contribution < 1.29 is 19.1 Å². The molecule has 5 heteroatoms. The van der Waals surface area contributed by atoms with E-state index in [4.69, 9.17) is 9.47 Å². The van der Waals surface area contributed by atoms with E-state index in [9.17, 15) is 9.59 Å². The molecule has 24 heavy (non-hydrogen) atoms. The summed E-state index contributed by atoms with van der Waals surface area (Å²) < 4.78 is 10.3. The molecule has 0 aromatic heterocycles. The summed E-state index contributed by atoms with van der Waals surface area (Å²) in [6.45, 7) is 1.91. The highest BCUT2D eigenvalue weighted by atomic mass is 16.5. The quantitative estimate of drug-likeness (QED) is 0.789. The summed E-state index contributed by atoms with van der Waals surface area (Å²) in [6, 6.07) is 12.5. The van der Waals surface area contributed by atoms with Crippen molar-refractivity contribution in [3.8, 4) is 11.5 Å². The molecule has 2 aromatic carbocycles. The molecule has 0 fully saturated rings. The minimum Gasteiger partial charge on any atom is -0.497 e. The first-order chi connectivity index (χ1) is 11.5. The lowest BCUT2D eigenvalue weighted by molar-refractivity contribution is -0.116. The standard InChI is InChI=1S/C19H21NO4/c1-13-4-10-18(24-3)16(12-13)17(21)9-11-19(22)20-14-5-7-15(23-2)8-6-14/h4-8,10,12H,9,11H2,1-3H3,(H,20,22). The SMILES string of the molecule is COc1ccc(NC(=O)CCC(=O)c2cc(C)ccc2OC)cc1. The molecule has 5 nitrogen and oxygen atoms in total. The Hall–Kier alpha value is -2.82. The van der Waals surface area contributed by atoms with Crippen molar-refractivity contribution >= 4 is 17.4 Å². The second kappa shape index (κ2) is 8.15. The zero-order chi connectivity index (χ0) is 17.5. The van der Waals surface area contributed by atoms with Crippen LogP contribution in [0.4, 0.5) is 5.69 Å². The largest absolute Gasteiger partial charge is 0.497 e. The number of benzene rings is 2. The van der Waals surface area contributed by atoms with Crippen molar-refractivity contribution in [2.45, 2.75) is 19.8 Å². The summed E-state index contributed by atoms with van der Waals surface area (Å²) in [4.78, 5) is 24.3. The first kappa shape index (κ1) is 17.5. The summed E-state index contributed by atoms with van der Waals surface area (Å²) in [5.74, 6) is 0.927. The fraction of sp³-hybridized carbons (Fsp3) is 0.263. The maximum absolute atomic E-state index is 12.3. The predicted molar refractivity (Wildman–Crippen MR) is 92.9 cm³/mol. The zero-order valence-electron chi connectivity index (χ0n) is 14.1. The molecule has 126 valence electrons. The number of ether oxygens (including phenoxy) is 2. The maximum Gasteiger partial charge on any atom is 0.224 e. The Morgan fingerprint density at radius 2 is 1.67 bits per heavy atom. The van der Waals surface area contributed by atoms with Gasteiger partial charge in [0, 0.05) is 18.5 Å². The van der Waals surface area contributed by atoms with Crippen molar-refractivity contribution in [2.24, 2.45) is 0 Å². The van der Waals surface area contributed by atoms with E-state index in [-0.39, 0.29) is 24.5 Å². The van der Waals surface area contributed by atoms with Crippen LogP contribution in [0.15, 0.2) is 42.5 Å². The first-order valence-electron chi connectivity index (χ1n) is 7.65. The van der Waals surface area contributed by atoms with Gasteiger partial charge >= 0.3 is 0 Å². The Labute approximate surface area is 141 Å². The van der Waals surface area contributed by atoms with Gasteiger partial charge in [-0.2, -0.15) is 0 Å². The van der Waals surface area contributed by atoms with Crippen LogP contribution in [-0.2, 0) is 4.79 Å². The maximum atomic E-state index is 12.3. The van der Waals surface area contributed by atoms with Crippen LogP contribution in [0.5, 0.6) is 11.5 Å². The fourth-order valence-corrected chi connectivity index (χ4v) is 2.30. The minimum atomic E-state index is -0.208. The molecule has 0 saturated carbocycles. The van der Waals surface area contributed by atoms with Gasteiger partial charge in [0.05, 0.1) is 19.8 Å². The molecule has 0 radical (unpaired) electrons. The van der Waals surface area contributed by atoms with E-state index in [0.29, 0.717) is 17.0 Å². The van der Waals surface area contributed by atoms with Crippen LogP contribution in [0.25, 0.3) is 0 Å². The minimum absolute atomic E-state index is 0.111. The molecule has 0 aliphatic heterocycles. The fourth-order valence-electron chi connectivity index (χ4n) is 2.30. The monoisotopic (exact) mass is 327 g/mol.